The summed E-state index contributed by atoms with van der Waals surface area (Å²) in [7, 11) is 0. The van der Waals surface area contributed by atoms with Crippen LogP contribution in [-0.4, -0.2) is 11.0 Å². The molecule has 1 unspecified atom stereocenters. The van der Waals surface area contributed by atoms with Crippen molar-refractivity contribution in [2.45, 2.75) is 19.4 Å². The second-order valence-corrected chi connectivity index (χ2v) is 6.17. The number of phenolic OH excluding ortho intramolecular Hbond substituents is 1. The van der Waals surface area contributed by atoms with Crippen LogP contribution in [0.15, 0.2) is 72.8 Å². The van der Waals surface area contributed by atoms with Crippen molar-refractivity contribution in [2.24, 2.45) is 5.73 Å². The van der Waals surface area contributed by atoms with E-state index in [0.29, 0.717) is 17.9 Å². The van der Waals surface area contributed by atoms with Crippen molar-refractivity contribution in [3.8, 4) is 22.6 Å². The van der Waals surface area contributed by atoms with Gasteiger partial charge in [-0.3, -0.25) is 4.79 Å². The Hall–Kier alpha value is -3.27. The van der Waals surface area contributed by atoms with Gasteiger partial charge in [0.2, 0.25) is 5.91 Å². The molecular weight excluding hydrogens is 326 g/mol. The van der Waals surface area contributed by atoms with Gasteiger partial charge < -0.3 is 15.6 Å². The molecule has 0 bridgehead atoms. The minimum Gasteiger partial charge on any atom is -0.508 e. The first kappa shape index (κ1) is 17.5. The van der Waals surface area contributed by atoms with Crippen molar-refractivity contribution < 1.29 is 14.6 Å². The van der Waals surface area contributed by atoms with Gasteiger partial charge in [-0.05, 0) is 41.8 Å². The highest BCUT2D eigenvalue weighted by atomic mass is 16.5. The number of primary amides is 1. The molecule has 4 nitrogen and oxygen atoms in total. The minimum atomic E-state index is -0.528. The second-order valence-electron chi connectivity index (χ2n) is 6.17. The van der Waals surface area contributed by atoms with Crippen LogP contribution in [0.5, 0.6) is 11.5 Å². The summed E-state index contributed by atoms with van der Waals surface area (Å²) >= 11 is 0. The summed E-state index contributed by atoms with van der Waals surface area (Å²) in [6.45, 7) is 2.17. The predicted molar refractivity (Wildman–Crippen MR) is 102 cm³/mol. The fourth-order valence-electron chi connectivity index (χ4n) is 2.86. The zero-order valence-corrected chi connectivity index (χ0v) is 14.6. The topological polar surface area (TPSA) is 72.6 Å². The van der Waals surface area contributed by atoms with Crippen molar-refractivity contribution in [1.29, 1.82) is 0 Å². The first-order valence-electron chi connectivity index (χ1n) is 8.44. The molecule has 0 spiro atoms. The summed E-state index contributed by atoms with van der Waals surface area (Å²) in [6.07, 6.45) is 0. The lowest BCUT2D eigenvalue weighted by Crippen LogP contribution is -2.19. The Bertz CT molecular complexity index is 906. The molecular formula is C22H21NO3. The Morgan fingerprint density at radius 3 is 2.42 bits per heavy atom. The Morgan fingerprint density at radius 1 is 1.00 bits per heavy atom. The van der Waals surface area contributed by atoms with Gasteiger partial charge in [0, 0.05) is 5.56 Å². The molecule has 132 valence electrons. The standard InChI is InChI=1S/C22H21NO3/c1-15(22(23)25)20-13-17(24)11-12-18(20)19-9-5-6-10-21(19)26-14-16-7-3-2-4-8-16/h2-13,15,24H,14H2,1H3,(H2,23,25). The normalized spacial score (nSPS) is 11.7. The molecule has 1 amide bonds. The van der Waals surface area contributed by atoms with Gasteiger partial charge in [-0.2, -0.15) is 0 Å². The minimum absolute atomic E-state index is 0.0968. The van der Waals surface area contributed by atoms with E-state index in [2.05, 4.69) is 0 Å². The average Bonchev–Trinajstić information content (AvgIpc) is 2.67. The number of amides is 1. The van der Waals surface area contributed by atoms with Crippen molar-refractivity contribution in [3.63, 3.8) is 0 Å². The largest absolute Gasteiger partial charge is 0.508 e. The average molecular weight is 347 g/mol. The van der Waals surface area contributed by atoms with Gasteiger partial charge in [-0.25, -0.2) is 0 Å². The highest BCUT2D eigenvalue weighted by Crippen LogP contribution is 2.37. The van der Waals surface area contributed by atoms with E-state index in [1.165, 1.54) is 0 Å². The molecule has 0 saturated heterocycles. The van der Waals surface area contributed by atoms with Crippen molar-refractivity contribution >= 4 is 5.91 Å². The van der Waals surface area contributed by atoms with Gasteiger partial charge in [0.25, 0.3) is 0 Å². The van der Waals surface area contributed by atoms with E-state index in [1.807, 2.05) is 54.6 Å². The van der Waals surface area contributed by atoms with Crippen LogP contribution >= 0.6 is 0 Å². The van der Waals surface area contributed by atoms with E-state index >= 15 is 0 Å². The first-order valence-corrected chi connectivity index (χ1v) is 8.44. The summed E-state index contributed by atoms with van der Waals surface area (Å²) in [4.78, 5) is 11.7. The van der Waals surface area contributed by atoms with Crippen molar-refractivity contribution in [1.82, 2.24) is 0 Å². The van der Waals surface area contributed by atoms with Gasteiger partial charge in [0.1, 0.15) is 18.1 Å². The van der Waals surface area contributed by atoms with Gasteiger partial charge in [-0.15, -0.1) is 0 Å². The summed E-state index contributed by atoms with van der Waals surface area (Å²) in [5, 5.41) is 9.85. The Kier molecular flexibility index (Phi) is 5.23. The van der Waals surface area contributed by atoms with E-state index in [0.717, 1.165) is 16.7 Å². The number of phenols is 1. The predicted octanol–water partition coefficient (Wildman–Crippen LogP) is 4.23. The SMILES string of the molecule is CC(C(N)=O)c1cc(O)ccc1-c1ccccc1OCc1ccccc1. The number of aromatic hydroxyl groups is 1. The maximum atomic E-state index is 11.7. The Balaban J connectivity index is 1.99. The third-order valence-corrected chi connectivity index (χ3v) is 4.34. The molecule has 4 heteroatoms. The van der Waals surface area contributed by atoms with Crippen LogP contribution in [0.4, 0.5) is 0 Å². The summed E-state index contributed by atoms with van der Waals surface area (Å²) in [5.74, 6) is -0.168. The monoisotopic (exact) mass is 347 g/mol. The molecule has 0 aliphatic carbocycles. The van der Waals surface area contributed by atoms with E-state index in [-0.39, 0.29) is 5.75 Å². The first-order chi connectivity index (χ1) is 12.6. The number of benzene rings is 3. The lowest BCUT2D eigenvalue weighted by atomic mass is 9.90. The van der Waals surface area contributed by atoms with Crippen LogP contribution in [0.2, 0.25) is 0 Å². The lowest BCUT2D eigenvalue weighted by molar-refractivity contribution is -0.119. The smallest absolute Gasteiger partial charge is 0.224 e. The molecule has 0 radical (unpaired) electrons. The highest BCUT2D eigenvalue weighted by Gasteiger charge is 2.19. The Morgan fingerprint density at radius 2 is 1.69 bits per heavy atom. The maximum Gasteiger partial charge on any atom is 0.224 e. The van der Waals surface area contributed by atoms with Crippen molar-refractivity contribution in [2.75, 3.05) is 0 Å². The summed E-state index contributed by atoms with van der Waals surface area (Å²) in [5.41, 5.74) is 8.90. The number of ether oxygens (including phenoxy) is 1. The molecule has 0 aliphatic heterocycles. The zero-order valence-electron chi connectivity index (χ0n) is 14.6. The fraction of sp³-hybridized carbons (Fsp3) is 0.136. The van der Waals surface area contributed by atoms with E-state index < -0.39 is 11.8 Å². The molecule has 3 rings (SSSR count). The number of rotatable bonds is 6. The third-order valence-electron chi connectivity index (χ3n) is 4.34. The number of hydrogen-bond acceptors (Lipinski definition) is 3. The summed E-state index contributed by atoms with van der Waals surface area (Å²) < 4.78 is 6.02. The maximum absolute atomic E-state index is 11.7. The van der Waals surface area contributed by atoms with Crippen LogP contribution < -0.4 is 10.5 Å². The molecule has 0 heterocycles. The highest BCUT2D eigenvalue weighted by molar-refractivity contribution is 5.86. The van der Waals surface area contributed by atoms with Crippen molar-refractivity contribution in [3.05, 3.63) is 83.9 Å². The molecule has 3 N–H and O–H groups in total. The van der Waals surface area contributed by atoms with Gasteiger partial charge in [-0.1, -0.05) is 54.6 Å². The van der Waals surface area contributed by atoms with E-state index in [4.69, 9.17) is 10.5 Å². The van der Waals surface area contributed by atoms with Crippen LogP contribution in [0.1, 0.15) is 24.0 Å². The van der Waals surface area contributed by atoms with E-state index in [9.17, 15) is 9.90 Å². The second kappa shape index (κ2) is 7.74. The van der Waals surface area contributed by atoms with Crippen LogP contribution in [0.25, 0.3) is 11.1 Å². The number of para-hydroxylation sites is 1. The molecule has 1 atom stereocenters. The number of carbonyl (C=O) groups excluding carboxylic acids is 1. The lowest BCUT2D eigenvalue weighted by Gasteiger charge is -2.17. The number of hydrogen-bond donors (Lipinski definition) is 2. The molecule has 26 heavy (non-hydrogen) atoms. The number of nitrogens with two attached hydrogens (primary N) is 1. The number of carbonyl (C=O) groups is 1. The Labute approximate surface area is 152 Å². The van der Waals surface area contributed by atoms with Gasteiger partial charge in [0.05, 0.1) is 5.92 Å². The molecule has 3 aromatic rings. The third kappa shape index (κ3) is 3.86. The molecule has 0 saturated carbocycles. The quantitative estimate of drug-likeness (QED) is 0.701. The van der Waals surface area contributed by atoms with Crippen LogP contribution in [0, 0.1) is 0 Å². The summed E-state index contributed by atoms with van der Waals surface area (Å²) in [6, 6.07) is 22.5. The van der Waals surface area contributed by atoms with E-state index in [1.54, 1.807) is 25.1 Å². The van der Waals surface area contributed by atoms with Crippen LogP contribution in [0.3, 0.4) is 0 Å². The molecule has 3 aromatic carbocycles. The zero-order chi connectivity index (χ0) is 18.5. The molecule has 0 fully saturated rings. The molecule has 0 aromatic heterocycles. The van der Waals surface area contributed by atoms with Gasteiger partial charge >= 0.3 is 0 Å². The fourth-order valence-corrected chi connectivity index (χ4v) is 2.86. The van der Waals surface area contributed by atoms with Gasteiger partial charge in [0.15, 0.2) is 0 Å². The molecule has 0 aliphatic rings. The van der Waals surface area contributed by atoms with Crippen LogP contribution in [-0.2, 0) is 11.4 Å².